The third kappa shape index (κ3) is 3.40. The summed E-state index contributed by atoms with van der Waals surface area (Å²) in [5, 5.41) is 32.4. The Morgan fingerprint density at radius 3 is 1.53 bits per heavy atom. The molecule has 0 radical (unpaired) electrons. The Hall–Kier alpha value is -4.36. The average molecular weight is 434 g/mol. The molecule has 0 spiro atoms. The normalized spacial score (nSPS) is 13.6. The minimum absolute atomic E-state index is 0.306. The van der Waals surface area contributed by atoms with Gasteiger partial charge in [-0.25, -0.2) is 9.36 Å². The maximum Gasteiger partial charge on any atom is 0.277 e. The van der Waals surface area contributed by atoms with Gasteiger partial charge in [0.15, 0.2) is 0 Å². The number of benzene rings is 1. The maximum absolute atomic E-state index is 13.0. The van der Waals surface area contributed by atoms with Crippen molar-refractivity contribution in [3.63, 3.8) is 0 Å². The van der Waals surface area contributed by atoms with Gasteiger partial charge in [-0.2, -0.15) is 0 Å². The summed E-state index contributed by atoms with van der Waals surface area (Å²) in [4.78, 5) is 26.1. The van der Waals surface area contributed by atoms with Crippen LogP contribution in [-0.2, 0) is 13.1 Å². The minimum atomic E-state index is -0.338. The van der Waals surface area contributed by atoms with Crippen LogP contribution < -0.4 is 11.1 Å². The van der Waals surface area contributed by atoms with Gasteiger partial charge in [-0.3, -0.25) is 19.0 Å². The molecule has 0 saturated heterocycles. The largest absolute Gasteiger partial charge is 0.277 e. The van der Waals surface area contributed by atoms with Crippen LogP contribution in [0.2, 0.25) is 0 Å². The number of fused-ring (bicyclic) bond motifs is 2. The lowest BCUT2D eigenvalue weighted by Crippen LogP contribution is -2.31. The van der Waals surface area contributed by atoms with Gasteiger partial charge >= 0.3 is 0 Å². The lowest BCUT2D eigenvalue weighted by molar-refractivity contribution is 0.375. The van der Waals surface area contributed by atoms with E-state index in [1.807, 2.05) is 13.8 Å². The van der Waals surface area contributed by atoms with E-state index >= 15 is 0 Å². The fourth-order valence-corrected chi connectivity index (χ4v) is 3.54. The van der Waals surface area contributed by atoms with Crippen LogP contribution in [0.1, 0.15) is 25.9 Å². The van der Waals surface area contributed by atoms with Crippen molar-refractivity contribution in [3.8, 4) is 0 Å². The lowest BCUT2D eigenvalue weighted by atomic mass is 10.1. The molecular formula is C18H18N12O2. The van der Waals surface area contributed by atoms with Crippen LogP contribution in [0.5, 0.6) is 0 Å². The standard InChI is InChI=1S/C18H18N12O2/c1-11(9-27-5-3-19-23-27)29-17(31)13-7-16-14(8-15(13)21-25-29)18(32)30(26-22-16)12(2)10-28-6-4-20-24-28/h3-8,11-12H,9-10H2,1-2H3/t11-,12-/m1/s1. The summed E-state index contributed by atoms with van der Waals surface area (Å²) in [5.41, 5.74) is -0.0512. The first-order chi connectivity index (χ1) is 15.5. The smallest absolute Gasteiger partial charge is 0.267 e. The molecule has 0 saturated carbocycles. The molecule has 32 heavy (non-hydrogen) atoms. The van der Waals surface area contributed by atoms with E-state index in [0.29, 0.717) is 34.9 Å². The number of hydrogen-bond acceptors (Lipinski definition) is 10. The van der Waals surface area contributed by atoms with Crippen LogP contribution in [0.25, 0.3) is 21.8 Å². The first kappa shape index (κ1) is 19.6. The quantitative estimate of drug-likeness (QED) is 0.322. The van der Waals surface area contributed by atoms with Crippen molar-refractivity contribution >= 4 is 21.8 Å². The molecule has 0 fully saturated rings. The van der Waals surface area contributed by atoms with Crippen molar-refractivity contribution < 1.29 is 0 Å². The fraction of sp³-hybridized carbons (Fsp3) is 0.333. The summed E-state index contributed by atoms with van der Waals surface area (Å²) in [6.07, 6.45) is 6.53. The van der Waals surface area contributed by atoms with E-state index < -0.39 is 0 Å². The van der Waals surface area contributed by atoms with Crippen molar-refractivity contribution in [1.82, 2.24) is 60.0 Å². The highest BCUT2D eigenvalue weighted by Crippen LogP contribution is 2.15. The Balaban J connectivity index is 1.54. The van der Waals surface area contributed by atoms with Crippen LogP contribution in [0.3, 0.4) is 0 Å². The monoisotopic (exact) mass is 434 g/mol. The minimum Gasteiger partial charge on any atom is -0.267 e. The summed E-state index contributed by atoms with van der Waals surface area (Å²) in [5.74, 6) is 0. The van der Waals surface area contributed by atoms with Gasteiger partial charge in [0.25, 0.3) is 11.1 Å². The molecule has 0 unspecified atom stereocenters. The lowest BCUT2D eigenvalue weighted by Gasteiger charge is -2.14. The highest BCUT2D eigenvalue weighted by molar-refractivity contribution is 5.93. The molecule has 0 aliphatic heterocycles. The Morgan fingerprint density at radius 2 is 1.16 bits per heavy atom. The van der Waals surface area contributed by atoms with Crippen molar-refractivity contribution in [3.05, 3.63) is 57.6 Å². The van der Waals surface area contributed by atoms with Crippen molar-refractivity contribution in [2.75, 3.05) is 0 Å². The molecule has 162 valence electrons. The molecule has 4 heterocycles. The Kier molecular flexibility index (Phi) is 4.73. The summed E-state index contributed by atoms with van der Waals surface area (Å²) in [6, 6.07) is 2.43. The zero-order chi connectivity index (χ0) is 22.2. The molecule has 0 N–H and O–H groups in total. The molecule has 0 aliphatic carbocycles. The van der Waals surface area contributed by atoms with Gasteiger partial charge in [0.2, 0.25) is 0 Å². The number of rotatable bonds is 6. The summed E-state index contributed by atoms with van der Waals surface area (Å²) >= 11 is 0. The maximum atomic E-state index is 13.0. The second-order valence-electron chi connectivity index (χ2n) is 7.51. The molecule has 0 amide bonds. The third-order valence-electron chi connectivity index (χ3n) is 5.17. The van der Waals surface area contributed by atoms with E-state index in [1.54, 1.807) is 34.2 Å². The molecule has 14 nitrogen and oxygen atoms in total. The van der Waals surface area contributed by atoms with Crippen molar-refractivity contribution in [2.24, 2.45) is 0 Å². The Labute approximate surface area is 179 Å². The Bertz CT molecular complexity index is 1390. The molecular weight excluding hydrogens is 416 g/mol. The fourth-order valence-electron chi connectivity index (χ4n) is 3.54. The third-order valence-corrected chi connectivity index (χ3v) is 5.17. The molecule has 5 aromatic rings. The average Bonchev–Trinajstić information content (AvgIpc) is 3.48. The molecule has 0 bridgehead atoms. The summed E-state index contributed by atoms with van der Waals surface area (Å²) in [7, 11) is 0. The molecule has 2 atom stereocenters. The first-order valence-electron chi connectivity index (χ1n) is 9.88. The Morgan fingerprint density at radius 1 is 0.719 bits per heavy atom. The van der Waals surface area contributed by atoms with Gasteiger partial charge in [0.05, 0.1) is 48.3 Å². The number of hydrogen-bond donors (Lipinski definition) is 0. The zero-order valence-corrected chi connectivity index (χ0v) is 17.2. The van der Waals surface area contributed by atoms with Crippen molar-refractivity contribution in [1.29, 1.82) is 0 Å². The second kappa shape index (κ2) is 7.72. The van der Waals surface area contributed by atoms with E-state index in [0.717, 1.165) is 0 Å². The van der Waals surface area contributed by atoms with Gasteiger partial charge in [0.1, 0.15) is 11.0 Å². The van der Waals surface area contributed by atoms with Gasteiger partial charge in [-0.05, 0) is 26.0 Å². The molecule has 0 aliphatic rings. The van der Waals surface area contributed by atoms with Crippen LogP contribution in [0.4, 0.5) is 0 Å². The molecule has 5 rings (SSSR count). The van der Waals surface area contributed by atoms with E-state index in [9.17, 15) is 9.59 Å². The van der Waals surface area contributed by atoms with Gasteiger partial charge in [-0.15, -0.1) is 20.4 Å². The van der Waals surface area contributed by atoms with Crippen LogP contribution in [0, 0.1) is 0 Å². The van der Waals surface area contributed by atoms with E-state index in [-0.39, 0.29) is 23.2 Å². The summed E-state index contributed by atoms with van der Waals surface area (Å²) in [6.45, 7) is 4.48. The number of nitrogens with zero attached hydrogens (tertiary/aromatic N) is 12. The predicted molar refractivity (Wildman–Crippen MR) is 111 cm³/mol. The highest BCUT2D eigenvalue weighted by Gasteiger charge is 2.17. The first-order valence-corrected chi connectivity index (χ1v) is 9.88. The molecule has 1 aromatic carbocycles. The SMILES string of the molecule is C[C@H](Cn1ccnn1)n1nnc2cc3c(=O)n([C@H](C)Cn4ccnn4)nnc3cc2c1=O. The van der Waals surface area contributed by atoms with Crippen LogP contribution >= 0.6 is 0 Å². The second-order valence-corrected chi connectivity index (χ2v) is 7.51. The van der Waals surface area contributed by atoms with Gasteiger partial charge < -0.3 is 0 Å². The van der Waals surface area contributed by atoms with Crippen molar-refractivity contribution in [2.45, 2.75) is 39.0 Å². The molecule has 14 heteroatoms. The zero-order valence-electron chi connectivity index (χ0n) is 17.2. The molecule has 4 aromatic heterocycles. The van der Waals surface area contributed by atoms with E-state index in [2.05, 4.69) is 41.2 Å². The highest BCUT2D eigenvalue weighted by atomic mass is 16.1. The van der Waals surface area contributed by atoms with E-state index in [4.69, 9.17) is 0 Å². The van der Waals surface area contributed by atoms with E-state index in [1.165, 1.54) is 21.5 Å². The van der Waals surface area contributed by atoms with Gasteiger partial charge in [0, 0.05) is 12.4 Å². The van der Waals surface area contributed by atoms with Crippen LogP contribution in [0.15, 0.2) is 46.5 Å². The topological polar surface area (TPSA) is 157 Å². The predicted octanol–water partition coefficient (Wildman–Crippen LogP) is -0.398. The van der Waals surface area contributed by atoms with Gasteiger partial charge in [-0.1, -0.05) is 20.9 Å². The van der Waals surface area contributed by atoms with Crippen LogP contribution in [-0.4, -0.2) is 60.0 Å². The summed E-state index contributed by atoms with van der Waals surface area (Å²) < 4.78 is 5.78. The number of aromatic nitrogens is 12.